The van der Waals surface area contributed by atoms with E-state index in [-0.39, 0.29) is 29.7 Å². The largest absolute Gasteiger partial charge is 0.401 e. The molecular formula is C21H21F3N4O3S. The maximum absolute atomic E-state index is 12.8. The topological polar surface area (TPSA) is 82.1 Å². The monoisotopic (exact) mass is 466 g/mol. The van der Waals surface area contributed by atoms with E-state index in [4.69, 9.17) is 0 Å². The molecule has 2 aliphatic rings. The van der Waals surface area contributed by atoms with E-state index >= 15 is 0 Å². The Morgan fingerprint density at radius 2 is 1.72 bits per heavy atom. The quantitative estimate of drug-likeness (QED) is 0.752. The highest BCUT2D eigenvalue weighted by molar-refractivity contribution is 7.90. The molecule has 0 radical (unpaired) electrons. The van der Waals surface area contributed by atoms with Crippen LogP contribution >= 0.6 is 0 Å². The smallest absolute Gasteiger partial charge is 0.339 e. The fourth-order valence-corrected chi connectivity index (χ4v) is 4.97. The molecule has 170 valence electrons. The molecule has 0 spiro atoms. The van der Waals surface area contributed by atoms with Crippen LogP contribution in [0.3, 0.4) is 0 Å². The summed E-state index contributed by atoms with van der Waals surface area (Å²) in [4.78, 5) is 15.8. The third-order valence-electron chi connectivity index (χ3n) is 5.30. The molecule has 2 aromatic carbocycles. The van der Waals surface area contributed by atoms with Gasteiger partial charge in [0.1, 0.15) is 4.90 Å². The van der Waals surface area contributed by atoms with Crippen molar-refractivity contribution < 1.29 is 26.4 Å². The number of alkyl halides is 3. The number of fused-ring (bicyclic) bond motifs is 1. The van der Waals surface area contributed by atoms with E-state index in [1.54, 1.807) is 47.4 Å². The molecule has 1 fully saturated rings. The van der Waals surface area contributed by atoms with E-state index in [1.165, 1.54) is 11.0 Å². The van der Waals surface area contributed by atoms with E-state index < -0.39 is 22.7 Å². The maximum atomic E-state index is 12.8. The number of hydrogen-bond donors (Lipinski definition) is 1. The predicted octanol–water partition coefficient (Wildman–Crippen LogP) is 2.96. The fraction of sp³-hybridized carbons (Fsp3) is 0.333. The molecule has 1 saturated heterocycles. The van der Waals surface area contributed by atoms with Gasteiger partial charge in [0.15, 0.2) is 5.84 Å². The van der Waals surface area contributed by atoms with Gasteiger partial charge in [-0.3, -0.25) is 9.69 Å². The van der Waals surface area contributed by atoms with Crippen LogP contribution in [0.25, 0.3) is 0 Å². The van der Waals surface area contributed by atoms with E-state index in [0.717, 1.165) is 0 Å². The van der Waals surface area contributed by atoms with Crippen LogP contribution in [0, 0.1) is 0 Å². The second-order valence-corrected chi connectivity index (χ2v) is 9.22. The second kappa shape index (κ2) is 8.55. The number of halogens is 3. The van der Waals surface area contributed by atoms with Crippen LogP contribution < -0.4 is 5.32 Å². The molecule has 0 aliphatic carbocycles. The van der Waals surface area contributed by atoms with E-state index in [2.05, 4.69) is 9.71 Å². The minimum Gasteiger partial charge on any atom is -0.339 e. The lowest BCUT2D eigenvalue weighted by molar-refractivity contribution is -0.145. The van der Waals surface area contributed by atoms with E-state index in [0.29, 0.717) is 36.3 Å². The van der Waals surface area contributed by atoms with Gasteiger partial charge in [0.05, 0.1) is 6.54 Å². The zero-order valence-electron chi connectivity index (χ0n) is 17.0. The first-order valence-corrected chi connectivity index (χ1v) is 11.5. The third kappa shape index (κ3) is 4.94. The Morgan fingerprint density at radius 3 is 2.44 bits per heavy atom. The van der Waals surface area contributed by atoms with Crippen LogP contribution in [0.4, 0.5) is 18.9 Å². The highest BCUT2D eigenvalue weighted by Gasteiger charge is 2.32. The van der Waals surface area contributed by atoms with Gasteiger partial charge in [-0.25, -0.2) is 0 Å². The number of benzene rings is 2. The van der Waals surface area contributed by atoms with Crippen LogP contribution in [-0.4, -0.2) is 68.9 Å². The molecule has 0 saturated carbocycles. The van der Waals surface area contributed by atoms with Gasteiger partial charge >= 0.3 is 6.18 Å². The summed E-state index contributed by atoms with van der Waals surface area (Å²) in [7, 11) is -3.74. The Labute approximate surface area is 183 Å². The molecule has 11 heteroatoms. The Bertz CT molecular complexity index is 1150. The van der Waals surface area contributed by atoms with Crippen molar-refractivity contribution in [3.8, 4) is 0 Å². The molecule has 2 heterocycles. The van der Waals surface area contributed by atoms with E-state index in [1.807, 2.05) is 0 Å². The molecule has 1 N–H and O–H groups in total. The van der Waals surface area contributed by atoms with Crippen molar-refractivity contribution in [3.05, 3.63) is 59.7 Å². The molecule has 2 aromatic rings. The number of carbonyl (C=O) groups excluding carboxylic acids is 1. The average molecular weight is 466 g/mol. The van der Waals surface area contributed by atoms with Crippen molar-refractivity contribution in [1.29, 1.82) is 0 Å². The van der Waals surface area contributed by atoms with Crippen molar-refractivity contribution in [2.45, 2.75) is 17.5 Å². The average Bonchev–Trinajstić information content (AvgIpc) is 2.87. The summed E-state index contributed by atoms with van der Waals surface area (Å²) in [6.45, 7) is 0.0916. The number of anilines is 1. The highest BCUT2D eigenvalue weighted by Crippen LogP contribution is 2.27. The van der Waals surface area contributed by atoms with Crippen molar-refractivity contribution in [1.82, 2.24) is 9.80 Å². The zero-order valence-corrected chi connectivity index (χ0v) is 17.8. The molecule has 0 unspecified atom stereocenters. The molecule has 0 atom stereocenters. The molecule has 32 heavy (non-hydrogen) atoms. The van der Waals surface area contributed by atoms with Gasteiger partial charge in [0, 0.05) is 43.0 Å². The van der Waals surface area contributed by atoms with Crippen LogP contribution in [0.2, 0.25) is 0 Å². The number of rotatable bonds is 3. The number of carbonyl (C=O) groups is 1. The van der Waals surface area contributed by atoms with Crippen molar-refractivity contribution in [2.24, 2.45) is 4.40 Å². The summed E-state index contributed by atoms with van der Waals surface area (Å²) in [5.74, 6) is -0.0477. The lowest BCUT2D eigenvalue weighted by Crippen LogP contribution is -2.38. The Balaban J connectivity index is 1.42. The van der Waals surface area contributed by atoms with Crippen LogP contribution in [0.15, 0.2) is 57.8 Å². The SMILES string of the molecule is O=C(c1ccc(NC2=NS(=O)(=O)c3ccccc32)cc1)N1CCCN(CC(F)(F)F)CC1. The van der Waals surface area contributed by atoms with Gasteiger partial charge in [-0.1, -0.05) is 12.1 Å². The molecule has 7 nitrogen and oxygen atoms in total. The highest BCUT2D eigenvalue weighted by atomic mass is 32.2. The fourth-order valence-electron chi connectivity index (χ4n) is 3.80. The summed E-state index contributed by atoms with van der Waals surface area (Å²) < 4.78 is 66.0. The standard InChI is InChI=1S/C21H21F3N4O3S/c22-21(23,24)14-27-10-3-11-28(13-12-27)20(29)15-6-8-16(9-7-15)25-19-17-4-1-2-5-18(17)32(30,31)26-19/h1-2,4-9H,3,10-14H2,(H,25,26). The molecule has 2 aliphatic heterocycles. The van der Waals surface area contributed by atoms with Gasteiger partial charge in [0.25, 0.3) is 15.9 Å². The number of amides is 1. The molecule has 1 amide bonds. The first-order valence-electron chi connectivity index (χ1n) is 10.0. The summed E-state index contributed by atoms with van der Waals surface area (Å²) in [6, 6.07) is 13.0. The van der Waals surface area contributed by atoms with Crippen LogP contribution in [0.5, 0.6) is 0 Å². The normalized spacial score (nSPS) is 18.6. The number of sulfonamides is 1. The molecule has 4 rings (SSSR count). The minimum atomic E-state index is -4.26. The molecule has 0 aromatic heterocycles. The summed E-state index contributed by atoms with van der Waals surface area (Å²) in [5.41, 5.74) is 1.43. The van der Waals surface area contributed by atoms with Gasteiger partial charge in [-0.05, 0) is 42.8 Å². The third-order valence-corrected chi connectivity index (χ3v) is 6.64. The number of nitrogens with one attached hydrogen (secondary N) is 1. The summed E-state index contributed by atoms with van der Waals surface area (Å²) in [5, 5.41) is 2.97. The molecular weight excluding hydrogens is 445 g/mol. The number of amidine groups is 1. The van der Waals surface area contributed by atoms with Gasteiger partial charge < -0.3 is 10.2 Å². The second-order valence-electron chi connectivity index (χ2n) is 7.65. The summed E-state index contributed by atoms with van der Waals surface area (Å²) >= 11 is 0. The Kier molecular flexibility index (Phi) is 5.95. The zero-order chi connectivity index (χ0) is 22.9. The van der Waals surface area contributed by atoms with Gasteiger partial charge in [0.2, 0.25) is 0 Å². The maximum Gasteiger partial charge on any atom is 0.401 e. The number of hydrogen-bond acceptors (Lipinski definition) is 5. The Morgan fingerprint density at radius 1 is 1.00 bits per heavy atom. The van der Waals surface area contributed by atoms with Crippen molar-refractivity contribution >= 4 is 27.5 Å². The lowest BCUT2D eigenvalue weighted by atomic mass is 10.1. The van der Waals surface area contributed by atoms with E-state index in [9.17, 15) is 26.4 Å². The van der Waals surface area contributed by atoms with Gasteiger partial charge in [-0.15, -0.1) is 4.40 Å². The first kappa shape index (κ1) is 22.3. The summed E-state index contributed by atoms with van der Waals surface area (Å²) in [6.07, 6.45) is -3.79. The molecule has 0 bridgehead atoms. The minimum absolute atomic E-state index is 0.134. The predicted molar refractivity (Wildman–Crippen MR) is 113 cm³/mol. The lowest BCUT2D eigenvalue weighted by Gasteiger charge is -2.23. The Hall–Kier alpha value is -2.92. The van der Waals surface area contributed by atoms with Crippen molar-refractivity contribution in [2.75, 3.05) is 38.0 Å². The van der Waals surface area contributed by atoms with Gasteiger partial charge in [-0.2, -0.15) is 21.6 Å². The van der Waals surface area contributed by atoms with Crippen LogP contribution in [0.1, 0.15) is 22.3 Å². The first-order chi connectivity index (χ1) is 15.1. The van der Waals surface area contributed by atoms with Crippen molar-refractivity contribution in [3.63, 3.8) is 0 Å². The number of nitrogens with zero attached hydrogens (tertiary/aromatic N) is 3. The van der Waals surface area contributed by atoms with Crippen LogP contribution in [-0.2, 0) is 10.0 Å².